The van der Waals surface area contributed by atoms with Crippen LogP contribution in [0.15, 0.2) is 22.7 Å². The van der Waals surface area contributed by atoms with Crippen LogP contribution in [0, 0.1) is 5.82 Å². The van der Waals surface area contributed by atoms with E-state index in [4.69, 9.17) is 9.47 Å². The lowest BCUT2D eigenvalue weighted by atomic mass is 10.1. The monoisotopic (exact) mass is 333 g/mol. The van der Waals surface area contributed by atoms with Gasteiger partial charge in [0.1, 0.15) is 5.82 Å². The van der Waals surface area contributed by atoms with Crippen LogP contribution < -0.4 is 5.32 Å². The first-order valence-corrected chi connectivity index (χ1v) is 7.14. The predicted molar refractivity (Wildman–Crippen MR) is 77.7 cm³/mol. The minimum absolute atomic E-state index is 0.0345. The van der Waals surface area contributed by atoms with E-state index in [1.165, 1.54) is 6.07 Å². The van der Waals surface area contributed by atoms with Crippen molar-refractivity contribution in [2.45, 2.75) is 32.1 Å². The van der Waals surface area contributed by atoms with Crippen molar-refractivity contribution in [2.24, 2.45) is 0 Å². The Morgan fingerprint density at radius 2 is 2.00 bits per heavy atom. The van der Waals surface area contributed by atoms with Crippen LogP contribution in [0.1, 0.15) is 18.9 Å². The van der Waals surface area contributed by atoms with E-state index in [9.17, 15) is 4.39 Å². The lowest BCUT2D eigenvalue weighted by Gasteiger charge is -2.26. The van der Waals surface area contributed by atoms with Crippen molar-refractivity contribution in [3.63, 3.8) is 0 Å². The van der Waals surface area contributed by atoms with E-state index in [0.717, 1.165) is 18.5 Å². The van der Waals surface area contributed by atoms with Crippen LogP contribution in [0.4, 0.5) is 4.39 Å². The molecule has 0 aliphatic heterocycles. The fourth-order valence-corrected chi connectivity index (χ4v) is 2.37. The van der Waals surface area contributed by atoms with Crippen molar-refractivity contribution in [1.29, 1.82) is 0 Å². The Balaban J connectivity index is 2.77. The van der Waals surface area contributed by atoms with E-state index in [1.807, 2.05) is 0 Å². The summed E-state index contributed by atoms with van der Waals surface area (Å²) in [5, 5.41) is 3.39. The quantitative estimate of drug-likeness (QED) is 0.741. The van der Waals surface area contributed by atoms with E-state index < -0.39 is 0 Å². The van der Waals surface area contributed by atoms with Crippen LogP contribution in [0.3, 0.4) is 0 Å². The summed E-state index contributed by atoms with van der Waals surface area (Å²) in [7, 11) is 3.24. The minimum Gasteiger partial charge on any atom is -0.354 e. The molecule has 0 saturated heterocycles. The second-order valence-corrected chi connectivity index (χ2v) is 5.21. The number of halogens is 2. The van der Waals surface area contributed by atoms with Gasteiger partial charge in [0.25, 0.3) is 0 Å². The molecule has 0 spiro atoms. The number of benzene rings is 1. The Bertz CT molecular complexity index is 386. The molecule has 3 nitrogen and oxygen atoms in total. The number of rotatable bonds is 8. The second kappa shape index (κ2) is 8.64. The summed E-state index contributed by atoms with van der Waals surface area (Å²) in [4.78, 5) is 0. The van der Waals surface area contributed by atoms with Crippen molar-refractivity contribution >= 4 is 15.9 Å². The molecule has 0 radical (unpaired) electrons. The average molecular weight is 334 g/mol. The van der Waals surface area contributed by atoms with Gasteiger partial charge in [0.2, 0.25) is 0 Å². The molecular weight excluding hydrogens is 313 g/mol. The molecule has 0 saturated carbocycles. The van der Waals surface area contributed by atoms with Gasteiger partial charge in [0.15, 0.2) is 6.29 Å². The maximum absolute atomic E-state index is 13.2. The third kappa shape index (κ3) is 5.18. The zero-order valence-corrected chi connectivity index (χ0v) is 13.2. The molecule has 1 aromatic rings. The average Bonchev–Trinajstić information content (AvgIpc) is 2.41. The first kappa shape index (κ1) is 16.6. The molecule has 1 aromatic carbocycles. The van der Waals surface area contributed by atoms with Crippen LogP contribution in [0.5, 0.6) is 0 Å². The molecule has 1 N–H and O–H groups in total. The van der Waals surface area contributed by atoms with Gasteiger partial charge in [-0.2, -0.15) is 0 Å². The lowest BCUT2D eigenvalue weighted by molar-refractivity contribution is -0.122. The highest BCUT2D eigenvalue weighted by molar-refractivity contribution is 9.10. The van der Waals surface area contributed by atoms with Crippen molar-refractivity contribution in [1.82, 2.24) is 5.32 Å². The highest BCUT2D eigenvalue weighted by atomic mass is 79.9. The maximum Gasteiger partial charge on any atom is 0.172 e. The van der Waals surface area contributed by atoms with Crippen molar-refractivity contribution in [2.75, 3.05) is 20.8 Å². The lowest BCUT2D eigenvalue weighted by Crippen LogP contribution is -2.44. The smallest absolute Gasteiger partial charge is 0.172 e. The predicted octanol–water partition coefficient (Wildman–Crippen LogP) is 3.12. The molecule has 108 valence electrons. The van der Waals surface area contributed by atoms with E-state index in [2.05, 4.69) is 28.2 Å². The molecule has 1 rings (SSSR count). The molecule has 5 heteroatoms. The van der Waals surface area contributed by atoms with Crippen LogP contribution >= 0.6 is 15.9 Å². The fourth-order valence-electron chi connectivity index (χ4n) is 1.94. The Morgan fingerprint density at radius 1 is 1.32 bits per heavy atom. The molecule has 0 heterocycles. The molecule has 1 unspecified atom stereocenters. The van der Waals surface area contributed by atoms with Crippen LogP contribution in [-0.4, -0.2) is 33.1 Å². The third-order valence-corrected chi connectivity index (χ3v) is 3.50. The Hall–Kier alpha value is -0.490. The zero-order valence-electron chi connectivity index (χ0n) is 11.6. The topological polar surface area (TPSA) is 30.5 Å². The van der Waals surface area contributed by atoms with Gasteiger partial charge in [-0.25, -0.2) is 4.39 Å². The summed E-state index contributed by atoms with van der Waals surface area (Å²) >= 11 is 3.20. The summed E-state index contributed by atoms with van der Waals surface area (Å²) in [5.74, 6) is -0.253. The highest BCUT2D eigenvalue weighted by Gasteiger charge is 2.20. The third-order valence-electron chi connectivity index (χ3n) is 2.89. The standard InChI is InChI=1S/C14H21BrFNO2/c1-4-7-17-13(14(18-2)19-3)9-10-5-6-12(16)11(15)8-10/h5-6,8,13-14,17H,4,7,9H2,1-3H3. The summed E-state index contributed by atoms with van der Waals surface area (Å²) in [6.07, 6.45) is 1.42. The second-order valence-electron chi connectivity index (χ2n) is 4.35. The van der Waals surface area contributed by atoms with E-state index >= 15 is 0 Å². The summed E-state index contributed by atoms with van der Waals surface area (Å²) in [6, 6.07) is 5.07. The molecule has 19 heavy (non-hydrogen) atoms. The highest BCUT2D eigenvalue weighted by Crippen LogP contribution is 2.18. The van der Waals surface area contributed by atoms with E-state index in [1.54, 1.807) is 26.4 Å². The van der Waals surface area contributed by atoms with Crippen molar-refractivity contribution in [3.05, 3.63) is 34.1 Å². The molecule has 0 fully saturated rings. The number of methoxy groups -OCH3 is 2. The van der Waals surface area contributed by atoms with Gasteiger partial charge in [-0.15, -0.1) is 0 Å². The molecule has 0 aromatic heterocycles. The fraction of sp³-hybridized carbons (Fsp3) is 0.571. The number of hydrogen-bond donors (Lipinski definition) is 1. The molecular formula is C14H21BrFNO2. The van der Waals surface area contributed by atoms with Gasteiger partial charge < -0.3 is 14.8 Å². The SMILES string of the molecule is CCCNC(Cc1ccc(F)c(Br)c1)C(OC)OC. The number of ether oxygens (including phenoxy) is 2. The van der Waals surface area contributed by atoms with Gasteiger partial charge in [-0.3, -0.25) is 0 Å². The molecule has 0 aliphatic carbocycles. The van der Waals surface area contributed by atoms with Gasteiger partial charge in [-0.1, -0.05) is 13.0 Å². The van der Waals surface area contributed by atoms with Crippen LogP contribution in [0.25, 0.3) is 0 Å². The summed E-state index contributed by atoms with van der Waals surface area (Å²) in [6.45, 7) is 2.99. The minimum atomic E-state index is -0.324. The first-order valence-electron chi connectivity index (χ1n) is 6.35. The van der Waals surface area contributed by atoms with E-state index in [0.29, 0.717) is 10.9 Å². The zero-order chi connectivity index (χ0) is 14.3. The van der Waals surface area contributed by atoms with Crippen LogP contribution in [-0.2, 0) is 15.9 Å². The Morgan fingerprint density at radius 3 is 2.53 bits per heavy atom. The molecule has 0 bridgehead atoms. The molecule has 0 aliphatic rings. The normalized spacial score (nSPS) is 12.9. The van der Waals surface area contributed by atoms with Crippen molar-refractivity contribution in [3.8, 4) is 0 Å². The maximum atomic E-state index is 13.2. The molecule has 1 atom stereocenters. The van der Waals surface area contributed by atoms with Crippen molar-refractivity contribution < 1.29 is 13.9 Å². The number of nitrogens with one attached hydrogen (secondary N) is 1. The van der Waals surface area contributed by atoms with Crippen LogP contribution in [0.2, 0.25) is 0 Å². The van der Waals surface area contributed by atoms with E-state index in [-0.39, 0.29) is 18.1 Å². The first-order chi connectivity index (χ1) is 9.12. The van der Waals surface area contributed by atoms with Gasteiger partial charge >= 0.3 is 0 Å². The van der Waals surface area contributed by atoms with Gasteiger partial charge in [-0.05, 0) is 53.0 Å². The van der Waals surface area contributed by atoms with Gasteiger partial charge in [0.05, 0.1) is 10.5 Å². The largest absolute Gasteiger partial charge is 0.354 e. The Kier molecular flexibility index (Phi) is 7.53. The summed E-state index contributed by atoms with van der Waals surface area (Å²) in [5.41, 5.74) is 1.03. The van der Waals surface area contributed by atoms with Gasteiger partial charge in [0, 0.05) is 14.2 Å². The molecule has 0 amide bonds. The number of hydrogen-bond acceptors (Lipinski definition) is 3. The Labute approximate surface area is 122 Å². The summed E-state index contributed by atoms with van der Waals surface area (Å²) < 4.78 is 24.3.